The van der Waals surface area contributed by atoms with Crippen LogP contribution in [-0.4, -0.2) is 0 Å². The van der Waals surface area contributed by atoms with Crippen LogP contribution < -0.4 is 0 Å². The van der Waals surface area contributed by atoms with E-state index in [0.717, 1.165) is 21.9 Å². The number of hydrogen-bond acceptors (Lipinski definition) is 2. The summed E-state index contributed by atoms with van der Waals surface area (Å²) in [6, 6.07) is 12.1. The fourth-order valence-corrected chi connectivity index (χ4v) is 2.92. The van der Waals surface area contributed by atoms with E-state index in [0.29, 0.717) is 21.8 Å². The molecule has 88 valence electrons. The molecule has 0 saturated carbocycles. The molecule has 0 aliphatic rings. The molecule has 0 bridgehead atoms. The molecule has 0 fully saturated rings. The second kappa shape index (κ2) is 5.52. The second-order valence-electron chi connectivity index (χ2n) is 3.79. The van der Waals surface area contributed by atoms with Gasteiger partial charge in [0.15, 0.2) is 0 Å². The predicted molar refractivity (Wildman–Crippen MR) is 78.6 cm³/mol. The van der Waals surface area contributed by atoms with Crippen molar-refractivity contribution < 1.29 is 0 Å². The molecule has 0 radical (unpaired) electrons. The van der Waals surface area contributed by atoms with E-state index in [-0.39, 0.29) is 0 Å². The molecule has 2 rings (SSSR count). The van der Waals surface area contributed by atoms with Crippen molar-refractivity contribution >= 4 is 42.6 Å². The van der Waals surface area contributed by atoms with Gasteiger partial charge in [0.05, 0.1) is 11.1 Å². The third-order valence-electron chi connectivity index (χ3n) is 2.88. The maximum Gasteiger partial charge on any atom is 0.100 e. The van der Waals surface area contributed by atoms with Gasteiger partial charge in [0.2, 0.25) is 0 Å². The summed E-state index contributed by atoms with van der Waals surface area (Å²) < 4.78 is 0. The molecule has 18 heavy (non-hydrogen) atoms. The summed E-state index contributed by atoms with van der Waals surface area (Å²) in [5, 5.41) is 21.5. The van der Waals surface area contributed by atoms with Crippen LogP contribution in [0.2, 0.25) is 0 Å². The van der Waals surface area contributed by atoms with Gasteiger partial charge in [-0.1, -0.05) is 56.1 Å². The van der Waals surface area contributed by atoms with Gasteiger partial charge in [0, 0.05) is 21.4 Å². The third-order valence-corrected chi connectivity index (χ3v) is 4.09. The van der Waals surface area contributed by atoms with Gasteiger partial charge in [-0.15, -0.1) is 0 Å². The van der Waals surface area contributed by atoms with E-state index in [2.05, 4.69) is 44.0 Å². The highest BCUT2D eigenvalue weighted by Gasteiger charge is 2.11. The molecule has 2 nitrogen and oxygen atoms in total. The fraction of sp³-hybridized carbons (Fsp3) is 0.143. The van der Waals surface area contributed by atoms with Gasteiger partial charge in [0.1, 0.15) is 12.1 Å². The van der Waals surface area contributed by atoms with Gasteiger partial charge in [-0.2, -0.15) is 10.5 Å². The predicted octanol–water partition coefficient (Wildman–Crippen LogP) is 4.37. The normalized spacial score (nSPS) is 10.0. The first-order valence-electron chi connectivity index (χ1n) is 5.26. The topological polar surface area (TPSA) is 47.6 Å². The molecule has 2 aromatic rings. The second-order valence-corrected chi connectivity index (χ2v) is 4.91. The van der Waals surface area contributed by atoms with Gasteiger partial charge in [-0.3, -0.25) is 0 Å². The summed E-state index contributed by atoms with van der Waals surface area (Å²) in [6.07, 6.45) is 0. The Kier molecular flexibility index (Phi) is 4.01. The molecule has 0 saturated heterocycles. The average molecular weight is 364 g/mol. The van der Waals surface area contributed by atoms with Gasteiger partial charge < -0.3 is 0 Å². The number of halogens is 2. The monoisotopic (exact) mass is 362 g/mol. The van der Waals surface area contributed by atoms with Crippen LogP contribution in [0.25, 0.3) is 10.8 Å². The summed E-state index contributed by atoms with van der Waals surface area (Å²) in [5.74, 6) is 0. The SMILES string of the molecule is N#Cc1c(CBr)ccc2c(C#N)c(CBr)ccc12. The Labute approximate surface area is 122 Å². The van der Waals surface area contributed by atoms with Gasteiger partial charge in [-0.05, 0) is 11.1 Å². The van der Waals surface area contributed by atoms with Gasteiger partial charge in [0.25, 0.3) is 0 Å². The van der Waals surface area contributed by atoms with Crippen LogP contribution in [0.15, 0.2) is 24.3 Å². The highest BCUT2D eigenvalue weighted by molar-refractivity contribution is 9.08. The Morgan fingerprint density at radius 1 is 0.778 bits per heavy atom. The molecule has 4 heteroatoms. The molecule has 0 atom stereocenters. The lowest BCUT2D eigenvalue weighted by atomic mass is 9.95. The van der Waals surface area contributed by atoms with E-state index >= 15 is 0 Å². The van der Waals surface area contributed by atoms with E-state index in [1.54, 1.807) is 0 Å². The summed E-state index contributed by atoms with van der Waals surface area (Å²) in [5.41, 5.74) is 3.17. The molecule has 0 heterocycles. The molecule has 0 aliphatic carbocycles. The van der Waals surface area contributed by atoms with Crippen LogP contribution in [0, 0.1) is 22.7 Å². The lowest BCUT2D eigenvalue weighted by molar-refractivity contribution is 1.37. The number of rotatable bonds is 2. The Hall–Kier alpha value is -1.36. The lowest BCUT2D eigenvalue weighted by Crippen LogP contribution is -1.93. The largest absolute Gasteiger partial charge is 0.192 e. The van der Waals surface area contributed by atoms with Crippen LogP contribution in [0.4, 0.5) is 0 Å². The zero-order valence-electron chi connectivity index (χ0n) is 9.37. The molecule has 0 unspecified atom stereocenters. The molecule has 0 spiro atoms. The zero-order valence-corrected chi connectivity index (χ0v) is 12.5. The van der Waals surface area contributed by atoms with E-state index < -0.39 is 0 Å². The fourth-order valence-electron chi connectivity index (χ4n) is 1.98. The zero-order chi connectivity index (χ0) is 13.1. The van der Waals surface area contributed by atoms with Gasteiger partial charge in [-0.25, -0.2) is 0 Å². The van der Waals surface area contributed by atoms with E-state index in [1.807, 2.05) is 24.3 Å². The van der Waals surface area contributed by atoms with E-state index in [9.17, 15) is 10.5 Å². The van der Waals surface area contributed by atoms with Crippen LogP contribution >= 0.6 is 31.9 Å². The first-order chi connectivity index (χ1) is 8.76. The van der Waals surface area contributed by atoms with Crippen molar-refractivity contribution in [2.45, 2.75) is 10.7 Å². The van der Waals surface area contributed by atoms with Crippen molar-refractivity contribution in [3.05, 3.63) is 46.5 Å². The quantitative estimate of drug-likeness (QED) is 0.743. The summed E-state index contributed by atoms with van der Waals surface area (Å²) in [7, 11) is 0. The van der Waals surface area contributed by atoms with Crippen molar-refractivity contribution in [3.63, 3.8) is 0 Å². The Balaban J connectivity index is 2.91. The first-order valence-corrected chi connectivity index (χ1v) is 7.50. The molecule has 0 amide bonds. The van der Waals surface area contributed by atoms with Crippen molar-refractivity contribution in [1.82, 2.24) is 0 Å². The third kappa shape index (κ3) is 2.03. The Bertz CT molecular complexity index is 632. The van der Waals surface area contributed by atoms with Crippen LogP contribution in [0.3, 0.4) is 0 Å². The number of hydrogen-bond donors (Lipinski definition) is 0. The van der Waals surface area contributed by atoms with E-state index in [4.69, 9.17) is 0 Å². The lowest BCUT2D eigenvalue weighted by Gasteiger charge is -2.09. The van der Waals surface area contributed by atoms with Crippen molar-refractivity contribution in [2.24, 2.45) is 0 Å². The number of alkyl halides is 2. The number of nitriles is 2. The summed E-state index contributed by atoms with van der Waals surface area (Å²) >= 11 is 6.75. The smallest absolute Gasteiger partial charge is 0.100 e. The van der Waals surface area contributed by atoms with Crippen molar-refractivity contribution in [2.75, 3.05) is 0 Å². The minimum absolute atomic E-state index is 0.633. The molecule has 0 N–H and O–H groups in total. The average Bonchev–Trinajstić information content (AvgIpc) is 2.44. The van der Waals surface area contributed by atoms with Crippen LogP contribution in [0.5, 0.6) is 0 Å². The minimum atomic E-state index is 0.633. The Morgan fingerprint density at radius 3 is 1.44 bits per heavy atom. The standard InChI is InChI=1S/C14H8Br2N2/c15-5-9-1-3-11-12(13(9)7-17)4-2-10(6-16)14(11)8-18/h1-4H,5-6H2. The molecule has 2 aromatic carbocycles. The minimum Gasteiger partial charge on any atom is -0.192 e. The maximum atomic E-state index is 9.27. The van der Waals surface area contributed by atoms with Crippen LogP contribution in [0.1, 0.15) is 22.3 Å². The number of fused-ring (bicyclic) bond motifs is 1. The van der Waals surface area contributed by atoms with Crippen molar-refractivity contribution in [1.29, 1.82) is 10.5 Å². The highest BCUT2D eigenvalue weighted by Crippen LogP contribution is 2.29. The summed E-state index contributed by atoms with van der Waals surface area (Å²) in [4.78, 5) is 0. The van der Waals surface area contributed by atoms with Crippen molar-refractivity contribution in [3.8, 4) is 12.1 Å². The molecule has 0 aliphatic heterocycles. The number of nitrogens with zero attached hydrogens (tertiary/aromatic N) is 2. The van der Waals surface area contributed by atoms with Crippen LogP contribution in [-0.2, 0) is 10.7 Å². The molecular weight excluding hydrogens is 356 g/mol. The molecular formula is C14H8Br2N2. The van der Waals surface area contributed by atoms with E-state index in [1.165, 1.54) is 0 Å². The first kappa shape index (κ1) is 13.1. The molecule has 0 aromatic heterocycles. The highest BCUT2D eigenvalue weighted by atomic mass is 79.9. The maximum absolute atomic E-state index is 9.27. The summed E-state index contributed by atoms with van der Waals surface area (Å²) in [6.45, 7) is 0. The van der Waals surface area contributed by atoms with Gasteiger partial charge >= 0.3 is 0 Å². The Morgan fingerprint density at radius 2 is 1.17 bits per heavy atom. The number of benzene rings is 2.